The number of hydrogen-bond acceptors (Lipinski definition) is 3. The van der Waals surface area contributed by atoms with E-state index in [0.717, 1.165) is 0 Å². The average molecular weight is 156 g/mol. The Morgan fingerprint density at radius 3 is 2.91 bits per heavy atom. The summed E-state index contributed by atoms with van der Waals surface area (Å²) >= 11 is 0. The van der Waals surface area contributed by atoms with Gasteiger partial charge in [-0.25, -0.2) is 9.78 Å². The van der Waals surface area contributed by atoms with Gasteiger partial charge < -0.3 is 14.8 Å². The number of carboxylic acid groups (broad SMARTS) is 1. The normalized spacial score (nSPS) is 12.8. The molecule has 0 aliphatic carbocycles. The Kier molecular flexibility index (Phi) is 2.22. The minimum Gasteiger partial charge on any atom is -0.479 e. The maximum Gasteiger partial charge on any atom is 0.334 e. The second-order valence-corrected chi connectivity index (χ2v) is 2.11. The van der Waals surface area contributed by atoms with Gasteiger partial charge in [0.2, 0.25) is 0 Å². The molecule has 1 atom stereocenters. The van der Waals surface area contributed by atoms with E-state index in [0.29, 0.717) is 0 Å². The van der Waals surface area contributed by atoms with Crippen LogP contribution in [0.25, 0.3) is 0 Å². The highest BCUT2D eigenvalue weighted by atomic mass is 16.4. The first kappa shape index (κ1) is 7.74. The number of aliphatic carboxylic acids is 1. The van der Waals surface area contributed by atoms with Crippen LogP contribution in [0.5, 0.6) is 0 Å². The van der Waals surface area contributed by atoms with E-state index in [1.165, 1.54) is 17.1 Å². The number of hydrogen-bond donors (Lipinski definition) is 2. The number of aliphatic hydroxyl groups excluding tert-OH is 1. The monoisotopic (exact) mass is 156 g/mol. The Hall–Kier alpha value is -1.36. The lowest BCUT2D eigenvalue weighted by Crippen LogP contribution is -2.24. The molecule has 60 valence electrons. The standard InChI is InChI=1S/C6H8N2O3/c9-5(6(10)11)3-8-2-1-7-4-8/h1-2,4-5,9H,3H2,(H,10,11)/t5-/m1/s1. The zero-order valence-electron chi connectivity index (χ0n) is 5.71. The average Bonchev–Trinajstić information content (AvgIpc) is 2.39. The largest absolute Gasteiger partial charge is 0.479 e. The van der Waals surface area contributed by atoms with Gasteiger partial charge in [0.15, 0.2) is 6.10 Å². The van der Waals surface area contributed by atoms with E-state index in [9.17, 15) is 4.79 Å². The van der Waals surface area contributed by atoms with Crippen LogP contribution in [0.1, 0.15) is 0 Å². The summed E-state index contributed by atoms with van der Waals surface area (Å²) in [5.74, 6) is -1.22. The first-order valence-electron chi connectivity index (χ1n) is 3.07. The van der Waals surface area contributed by atoms with Gasteiger partial charge >= 0.3 is 5.97 Å². The molecule has 11 heavy (non-hydrogen) atoms. The zero-order chi connectivity index (χ0) is 8.27. The van der Waals surface area contributed by atoms with Crippen molar-refractivity contribution in [2.45, 2.75) is 12.6 Å². The van der Waals surface area contributed by atoms with Gasteiger partial charge in [0.1, 0.15) is 0 Å². The summed E-state index contributed by atoms with van der Waals surface area (Å²) in [5.41, 5.74) is 0. The first-order valence-corrected chi connectivity index (χ1v) is 3.07. The van der Waals surface area contributed by atoms with Crippen molar-refractivity contribution >= 4 is 5.97 Å². The summed E-state index contributed by atoms with van der Waals surface area (Å²) in [6, 6.07) is 0. The van der Waals surface area contributed by atoms with Crippen LogP contribution >= 0.6 is 0 Å². The Bertz CT molecular complexity index is 232. The Morgan fingerprint density at radius 2 is 2.45 bits per heavy atom. The third-order valence-electron chi connectivity index (χ3n) is 1.23. The predicted molar refractivity (Wildman–Crippen MR) is 35.9 cm³/mol. The molecule has 0 amide bonds. The molecule has 0 radical (unpaired) electrons. The fourth-order valence-electron chi connectivity index (χ4n) is 0.673. The van der Waals surface area contributed by atoms with E-state index < -0.39 is 12.1 Å². The first-order chi connectivity index (χ1) is 5.20. The van der Waals surface area contributed by atoms with Crippen molar-refractivity contribution in [2.24, 2.45) is 0 Å². The maximum absolute atomic E-state index is 10.1. The molecule has 0 saturated carbocycles. The molecule has 0 aromatic carbocycles. The van der Waals surface area contributed by atoms with Crippen LogP contribution in [0.15, 0.2) is 18.7 Å². The van der Waals surface area contributed by atoms with E-state index in [4.69, 9.17) is 10.2 Å². The van der Waals surface area contributed by atoms with Crippen molar-refractivity contribution in [3.8, 4) is 0 Å². The third kappa shape index (κ3) is 2.05. The fourth-order valence-corrected chi connectivity index (χ4v) is 0.673. The lowest BCUT2D eigenvalue weighted by Gasteiger charge is -2.04. The van der Waals surface area contributed by atoms with Gasteiger partial charge in [-0.3, -0.25) is 0 Å². The molecular weight excluding hydrogens is 148 g/mol. The molecule has 2 N–H and O–H groups in total. The molecule has 5 nitrogen and oxygen atoms in total. The van der Waals surface area contributed by atoms with Gasteiger partial charge in [-0.2, -0.15) is 0 Å². The van der Waals surface area contributed by atoms with Gasteiger partial charge in [-0.15, -0.1) is 0 Å². The van der Waals surface area contributed by atoms with Crippen LogP contribution < -0.4 is 0 Å². The number of aromatic nitrogens is 2. The molecule has 0 aliphatic heterocycles. The number of nitrogens with zero attached hydrogens (tertiary/aromatic N) is 2. The Labute approximate surface area is 62.9 Å². The number of rotatable bonds is 3. The number of carbonyl (C=O) groups is 1. The van der Waals surface area contributed by atoms with Crippen molar-refractivity contribution in [3.63, 3.8) is 0 Å². The third-order valence-corrected chi connectivity index (χ3v) is 1.23. The molecule has 0 unspecified atom stereocenters. The second-order valence-electron chi connectivity index (χ2n) is 2.11. The summed E-state index contributed by atoms with van der Waals surface area (Å²) < 4.78 is 1.50. The molecule has 0 fully saturated rings. The summed E-state index contributed by atoms with van der Waals surface area (Å²) in [4.78, 5) is 13.8. The Balaban J connectivity index is 2.50. The minimum absolute atomic E-state index is 0.0370. The fraction of sp³-hybridized carbons (Fsp3) is 0.333. The molecule has 5 heteroatoms. The molecule has 0 spiro atoms. The lowest BCUT2D eigenvalue weighted by atomic mass is 10.3. The van der Waals surface area contributed by atoms with Crippen molar-refractivity contribution in [1.82, 2.24) is 9.55 Å². The van der Waals surface area contributed by atoms with E-state index in [1.54, 1.807) is 6.20 Å². The second kappa shape index (κ2) is 3.16. The minimum atomic E-state index is -1.36. The molecule has 1 aromatic heterocycles. The van der Waals surface area contributed by atoms with E-state index in [2.05, 4.69) is 4.98 Å². The highest BCUT2D eigenvalue weighted by Gasteiger charge is 2.12. The summed E-state index contributed by atoms with van der Waals surface area (Å²) in [6.45, 7) is 0.0370. The number of aliphatic hydroxyl groups is 1. The molecular formula is C6H8N2O3. The van der Waals surface area contributed by atoms with Crippen molar-refractivity contribution in [1.29, 1.82) is 0 Å². The van der Waals surface area contributed by atoms with E-state index in [1.807, 2.05) is 0 Å². The molecule has 1 aromatic rings. The molecule has 0 aliphatic rings. The van der Waals surface area contributed by atoms with Crippen LogP contribution in [-0.2, 0) is 11.3 Å². The van der Waals surface area contributed by atoms with E-state index in [-0.39, 0.29) is 6.54 Å². The van der Waals surface area contributed by atoms with Crippen LogP contribution in [0, 0.1) is 0 Å². The number of imidazole rings is 1. The number of carboxylic acids is 1. The van der Waals surface area contributed by atoms with Gasteiger partial charge in [0, 0.05) is 12.4 Å². The predicted octanol–water partition coefficient (Wildman–Crippen LogP) is -0.671. The highest BCUT2D eigenvalue weighted by Crippen LogP contribution is 1.91. The van der Waals surface area contributed by atoms with Crippen LogP contribution in [0.3, 0.4) is 0 Å². The topological polar surface area (TPSA) is 75.3 Å². The maximum atomic E-state index is 10.1. The summed E-state index contributed by atoms with van der Waals surface area (Å²) in [6.07, 6.45) is 3.21. The van der Waals surface area contributed by atoms with Crippen LogP contribution in [0.4, 0.5) is 0 Å². The van der Waals surface area contributed by atoms with Gasteiger partial charge in [0.05, 0.1) is 12.9 Å². The zero-order valence-corrected chi connectivity index (χ0v) is 5.71. The quantitative estimate of drug-likeness (QED) is 0.608. The molecule has 0 saturated heterocycles. The van der Waals surface area contributed by atoms with Crippen LogP contribution in [-0.4, -0.2) is 31.8 Å². The van der Waals surface area contributed by atoms with Gasteiger partial charge in [0.25, 0.3) is 0 Å². The Morgan fingerprint density at radius 1 is 1.73 bits per heavy atom. The lowest BCUT2D eigenvalue weighted by molar-refractivity contribution is -0.147. The van der Waals surface area contributed by atoms with Crippen molar-refractivity contribution in [2.75, 3.05) is 0 Å². The molecule has 1 heterocycles. The van der Waals surface area contributed by atoms with Crippen molar-refractivity contribution < 1.29 is 15.0 Å². The van der Waals surface area contributed by atoms with Crippen LogP contribution in [0.2, 0.25) is 0 Å². The molecule has 1 rings (SSSR count). The van der Waals surface area contributed by atoms with Gasteiger partial charge in [-0.1, -0.05) is 0 Å². The van der Waals surface area contributed by atoms with E-state index >= 15 is 0 Å². The van der Waals surface area contributed by atoms with Crippen molar-refractivity contribution in [3.05, 3.63) is 18.7 Å². The highest BCUT2D eigenvalue weighted by molar-refractivity contribution is 5.71. The molecule has 0 bridgehead atoms. The SMILES string of the molecule is O=C(O)[C@H](O)Cn1ccnc1. The van der Waals surface area contributed by atoms with Gasteiger partial charge in [-0.05, 0) is 0 Å². The summed E-state index contributed by atoms with van der Waals surface area (Å²) in [5, 5.41) is 17.1. The summed E-state index contributed by atoms with van der Waals surface area (Å²) in [7, 11) is 0. The smallest absolute Gasteiger partial charge is 0.334 e.